The van der Waals surface area contributed by atoms with Gasteiger partial charge in [0.05, 0.1) is 23.7 Å². The molecule has 1 N–H and O–H groups in total. The number of halogens is 2. The summed E-state index contributed by atoms with van der Waals surface area (Å²) < 4.78 is 3.63. The normalized spacial score (nSPS) is 15.1. The summed E-state index contributed by atoms with van der Waals surface area (Å²) in [6, 6.07) is 18.3. The van der Waals surface area contributed by atoms with E-state index in [9.17, 15) is 9.90 Å². The van der Waals surface area contributed by atoms with Crippen LogP contribution in [-0.4, -0.2) is 24.2 Å². The molecule has 1 atom stereocenters. The van der Waals surface area contributed by atoms with Gasteiger partial charge in [0.25, 0.3) is 5.56 Å². The van der Waals surface area contributed by atoms with Gasteiger partial charge in [-0.25, -0.2) is 9.97 Å². The molecule has 1 aliphatic carbocycles. The number of imidazole rings is 1. The zero-order valence-corrected chi connectivity index (χ0v) is 21.6. The maximum atomic E-state index is 13.3. The van der Waals surface area contributed by atoms with Crippen molar-refractivity contribution in [2.24, 2.45) is 13.0 Å². The van der Waals surface area contributed by atoms with Crippen LogP contribution in [0.4, 0.5) is 0 Å². The van der Waals surface area contributed by atoms with Crippen LogP contribution in [0.2, 0.25) is 10.2 Å². The molecule has 0 spiro atoms. The second-order valence-corrected chi connectivity index (χ2v) is 10.5. The number of benzene rings is 2. The lowest BCUT2D eigenvalue weighted by Crippen LogP contribution is -2.31. The molecule has 1 fully saturated rings. The largest absolute Gasteiger partial charge is 0.374 e. The quantitative estimate of drug-likeness (QED) is 0.281. The van der Waals surface area contributed by atoms with Crippen molar-refractivity contribution in [2.75, 3.05) is 0 Å². The lowest BCUT2D eigenvalue weighted by molar-refractivity contribution is 0.117. The monoisotopic (exact) mass is 530 g/mol. The average Bonchev–Trinajstić information content (AvgIpc) is 3.62. The fourth-order valence-corrected chi connectivity index (χ4v) is 5.31. The Bertz CT molecular complexity index is 1690. The molecule has 2 aromatic carbocycles. The second-order valence-electron chi connectivity index (χ2n) is 9.66. The van der Waals surface area contributed by atoms with Crippen LogP contribution in [0.5, 0.6) is 0 Å². The lowest BCUT2D eigenvalue weighted by Gasteiger charge is -2.30. The first-order valence-corrected chi connectivity index (χ1v) is 12.9. The summed E-state index contributed by atoms with van der Waals surface area (Å²) in [6.07, 6.45) is 7.13. The van der Waals surface area contributed by atoms with E-state index in [1.54, 1.807) is 41.5 Å². The van der Waals surface area contributed by atoms with Crippen LogP contribution < -0.4 is 5.56 Å². The van der Waals surface area contributed by atoms with Crippen LogP contribution in [0, 0.1) is 5.92 Å². The number of aryl methyl sites for hydroxylation is 1. The van der Waals surface area contributed by atoms with Gasteiger partial charge in [0.15, 0.2) is 5.60 Å². The molecule has 6 rings (SSSR count). The molecule has 0 aliphatic heterocycles. The van der Waals surface area contributed by atoms with Gasteiger partial charge in [-0.1, -0.05) is 47.5 Å². The number of hydrogen-bond acceptors (Lipinski definition) is 4. The van der Waals surface area contributed by atoms with Crippen molar-refractivity contribution >= 4 is 34.1 Å². The third kappa shape index (κ3) is 4.25. The van der Waals surface area contributed by atoms with E-state index in [2.05, 4.69) is 9.97 Å². The first kappa shape index (κ1) is 23.9. The Balaban J connectivity index is 1.65. The fourth-order valence-electron chi connectivity index (χ4n) is 5.01. The highest BCUT2D eigenvalue weighted by atomic mass is 35.5. The zero-order valence-electron chi connectivity index (χ0n) is 20.1. The van der Waals surface area contributed by atoms with Crippen molar-refractivity contribution in [3.05, 3.63) is 117 Å². The number of pyridine rings is 2. The maximum absolute atomic E-state index is 13.3. The molecule has 8 heteroatoms. The fraction of sp³-hybridized carbons (Fsp3) is 0.207. The van der Waals surface area contributed by atoms with Crippen LogP contribution in [0.25, 0.3) is 22.0 Å². The smallest absolute Gasteiger partial charge is 0.251 e. The molecule has 3 heterocycles. The minimum Gasteiger partial charge on any atom is -0.374 e. The Labute approximate surface area is 223 Å². The summed E-state index contributed by atoms with van der Waals surface area (Å²) in [6.45, 7) is 0.678. The average molecular weight is 531 g/mol. The summed E-state index contributed by atoms with van der Waals surface area (Å²) in [5, 5.41) is 14.2. The molecule has 6 nitrogen and oxygen atoms in total. The summed E-state index contributed by atoms with van der Waals surface area (Å²) in [5.74, 6) is 0.518. The number of hydrogen-bond donors (Lipinski definition) is 1. The van der Waals surface area contributed by atoms with Gasteiger partial charge < -0.3 is 14.2 Å². The second kappa shape index (κ2) is 9.14. The molecule has 0 saturated heterocycles. The highest BCUT2D eigenvalue weighted by Gasteiger charge is 2.37. The van der Waals surface area contributed by atoms with Gasteiger partial charge in [-0.05, 0) is 65.8 Å². The van der Waals surface area contributed by atoms with Crippen LogP contribution >= 0.6 is 23.2 Å². The van der Waals surface area contributed by atoms with E-state index >= 15 is 0 Å². The number of rotatable bonds is 6. The van der Waals surface area contributed by atoms with Crippen molar-refractivity contribution in [3.63, 3.8) is 0 Å². The maximum Gasteiger partial charge on any atom is 0.251 e. The topological polar surface area (TPSA) is 72.9 Å². The molecule has 5 aromatic rings. The molecular weight excluding hydrogens is 507 g/mol. The van der Waals surface area contributed by atoms with E-state index in [1.165, 1.54) is 0 Å². The predicted octanol–water partition coefficient (Wildman–Crippen LogP) is 5.80. The first-order chi connectivity index (χ1) is 17.8. The van der Waals surface area contributed by atoms with E-state index in [-0.39, 0.29) is 5.56 Å². The molecule has 0 bridgehead atoms. The Kier molecular flexibility index (Phi) is 5.91. The summed E-state index contributed by atoms with van der Waals surface area (Å²) in [5.41, 5.74) is 2.54. The number of aromatic nitrogens is 4. The van der Waals surface area contributed by atoms with E-state index in [4.69, 9.17) is 23.2 Å². The molecule has 3 aromatic heterocycles. The number of aliphatic hydroxyl groups is 1. The standard InChI is InChI=1S/C29H24Cl2N4O2/c1-34-17-32-15-26(34)29(37,21-8-10-27(31)33-14-21)20-7-9-25-24(12-20)23(19-3-2-4-22(30)11-19)13-28(36)35(25)16-18-5-6-18/h2-4,7-15,17-18,37H,5-6,16H2,1H3. The molecular formula is C29H24Cl2N4O2. The first-order valence-electron chi connectivity index (χ1n) is 12.1. The van der Waals surface area contributed by atoms with Gasteiger partial charge in [0.1, 0.15) is 5.15 Å². The van der Waals surface area contributed by atoms with Crippen molar-refractivity contribution in [2.45, 2.75) is 25.0 Å². The van der Waals surface area contributed by atoms with Gasteiger partial charge in [-0.15, -0.1) is 0 Å². The van der Waals surface area contributed by atoms with Crippen LogP contribution in [0.1, 0.15) is 29.7 Å². The van der Waals surface area contributed by atoms with Gasteiger partial charge in [-0.3, -0.25) is 4.79 Å². The van der Waals surface area contributed by atoms with Gasteiger partial charge in [-0.2, -0.15) is 0 Å². The Morgan fingerprint density at radius 1 is 1.03 bits per heavy atom. The predicted molar refractivity (Wildman–Crippen MR) is 146 cm³/mol. The van der Waals surface area contributed by atoms with E-state index in [0.29, 0.717) is 39.5 Å². The highest BCUT2D eigenvalue weighted by Crippen LogP contribution is 2.40. The lowest BCUT2D eigenvalue weighted by atomic mass is 9.83. The van der Waals surface area contributed by atoms with E-state index in [1.807, 2.05) is 54.1 Å². The SMILES string of the molecule is Cn1cncc1C(O)(c1ccc(Cl)nc1)c1ccc2c(c1)c(-c1cccc(Cl)c1)cc(=O)n2CC1CC1. The summed E-state index contributed by atoms with van der Waals surface area (Å²) in [4.78, 5) is 21.8. The van der Waals surface area contributed by atoms with Crippen molar-refractivity contribution in [1.29, 1.82) is 0 Å². The minimum atomic E-state index is -1.57. The highest BCUT2D eigenvalue weighted by molar-refractivity contribution is 6.31. The Morgan fingerprint density at radius 3 is 2.51 bits per heavy atom. The molecule has 1 aliphatic rings. The third-order valence-electron chi connectivity index (χ3n) is 7.13. The number of nitrogens with zero attached hydrogens (tertiary/aromatic N) is 4. The summed E-state index contributed by atoms with van der Waals surface area (Å²) in [7, 11) is 1.84. The Morgan fingerprint density at radius 2 is 1.84 bits per heavy atom. The van der Waals surface area contributed by atoms with Crippen LogP contribution in [0.15, 0.2) is 84.2 Å². The van der Waals surface area contributed by atoms with Gasteiger partial charge >= 0.3 is 0 Å². The molecule has 37 heavy (non-hydrogen) atoms. The summed E-state index contributed by atoms with van der Waals surface area (Å²) >= 11 is 12.4. The van der Waals surface area contributed by atoms with Gasteiger partial charge in [0.2, 0.25) is 0 Å². The van der Waals surface area contributed by atoms with Crippen molar-refractivity contribution < 1.29 is 5.11 Å². The van der Waals surface area contributed by atoms with Crippen LogP contribution in [-0.2, 0) is 19.2 Å². The third-order valence-corrected chi connectivity index (χ3v) is 7.59. The molecule has 0 amide bonds. The minimum absolute atomic E-state index is 0.0501. The van der Waals surface area contributed by atoms with Gasteiger partial charge in [0, 0.05) is 41.8 Å². The number of fused-ring (bicyclic) bond motifs is 1. The van der Waals surface area contributed by atoms with Crippen LogP contribution in [0.3, 0.4) is 0 Å². The Hall–Kier alpha value is -3.45. The van der Waals surface area contributed by atoms with Crippen molar-refractivity contribution in [1.82, 2.24) is 19.1 Å². The van der Waals surface area contributed by atoms with Crippen molar-refractivity contribution in [3.8, 4) is 11.1 Å². The molecule has 1 unspecified atom stereocenters. The molecule has 186 valence electrons. The molecule has 1 saturated carbocycles. The van der Waals surface area contributed by atoms with E-state index in [0.717, 1.165) is 34.9 Å². The zero-order chi connectivity index (χ0) is 25.7. The van der Waals surface area contributed by atoms with E-state index < -0.39 is 5.60 Å². The molecule has 0 radical (unpaired) electrons.